The van der Waals surface area contributed by atoms with Gasteiger partial charge in [0.2, 0.25) is 6.79 Å². The molecule has 0 N–H and O–H groups in total. The first kappa shape index (κ1) is 19.6. The summed E-state index contributed by atoms with van der Waals surface area (Å²) in [4.78, 5) is 11.9. The second-order valence-corrected chi connectivity index (χ2v) is 6.11. The molecule has 0 saturated heterocycles. The van der Waals surface area contributed by atoms with Crippen molar-refractivity contribution in [2.45, 2.75) is 0 Å². The molecule has 2 aromatic carbocycles. The van der Waals surface area contributed by atoms with E-state index in [1.807, 2.05) is 18.2 Å². The van der Waals surface area contributed by atoms with Crippen molar-refractivity contribution in [3.63, 3.8) is 0 Å². The van der Waals surface area contributed by atoms with Crippen LogP contribution in [-0.2, 0) is 9.53 Å². The van der Waals surface area contributed by atoms with Crippen LogP contribution in [-0.4, -0.2) is 33.6 Å². The highest BCUT2D eigenvalue weighted by Crippen LogP contribution is 2.35. The third kappa shape index (κ3) is 4.78. The number of benzene rings is 2. The van der Waals surface area contributed by atoms with Crippen molar-refractivity contribution >= 4 is 28.7 Å². The number of ether oxygens (including phenoxy) is 5. The number of esters is 1. The van der Waals surface area contributed by atoms with Crippen LogP contribution in [0.2, 0.25) is 0 Å². The Morgan fingerprint density at radius 1 is 1.07 bits per heavy atom. The summed E-state index contributed by atoms with van der Waals surface area (Å²) in [5.74, 6) is 1.97. The van der Waals surface area contributed by atoms with Crippen LogP contribution in [0.4, 0.5) is 0 Å². The molecule has 0 aliphatic carbocycles. The minimum Gasteiger partial charge on any atom is -0.493 e. The van der Waals surface area contributed by atoms with Crippen LogP contribution in [0.25, 0.3) is 11.1 Å². The van der Waals surface area contributed by atoms with Crippen LogP contribution in [0.3, 0.4) is 0 Å². The maximum atomic E-state index is 11.9. The molecule has 7 heteroatoms. The zero-order valence-electron chi connectivity index (χ0n) is 15.4. The van der Waals surface area contributed by atoms with E-state index >= 15 is 0 Å². The van der Waals surface area contributed by atoms with Gasteiger partial charge in [-0.15, -0.1) is 0 Å². The average molecular weight is 403 g/mol. The van der Waals surface area contributed by atoms with E-state index in [9.17, 15) is 4.79 Å². The minimum atomic E-state index is -0.542. The fourth-order valence-electron chi connectivity index (χ4n) is 2.54. The van der Waals surface area contributed by atoms with E-state index in [-0.39, 0.29) is 18.4 Å². The molecule has 0 radical (unpaired) electrons. The molecule has 0 unspecified atom stereocenters. The van der Waals surface area contributed by atoms with Crippen molar-refractivity contribution in [1.82, 2.24) is 0 Å². The molecular formula is C21H19ClO6. The standard InChI is InChI=1S/C21H19ClO6/c1-24-17-7-5-14(10-19(17)25-2)4-3-9-26-21(23)12-16(22)15-6-8-18-20(11-15)28-13-27-18/h3-8,10-12H,9,13H2,1-2H3/b4-3-,16-12-. The van der Waals surface area contributed by atoms with E-state index < -0.39 is 5.97 Å². The first-order valence-corrected chi connectivity index (χ1v) is 8.81. The number of hydrogen-bond acceptors (Lipinski definition) is 6. The SMILES string of the molecule is COc1ccc(/C=C\COC(=O)/C=C(\Cl)c2ccc3c(c2)OCO3)cc1OC. The first-order valence-electron chi connectivity index (χ1n) is 8.43. The Morgan fingerprint density at radius 3 is 2.64 bits per heavy atom. The van der Waals surface area contributed by atoms with Gasteiger partial charge in [0, 0.05) is 6.08 Å². The number of halogens is 1. The van der Waals surface area contributed by atoms with Crippen molar-refractivity contribution in [1.29, 1.82) is 0 Å². The Bertz CT molecular complexity index is 919. The lowest BCUT2D eigenvalue weighted by Crippen LogP contribution is -2.00. The summed E-state index contributed by atoms with van der Waals surface area (Å²) in [6, 6.07) is 10.7. The van der Waals surface area contributed by atoms with Gasteiger partial charge in [0.15, 0.2) is 23.0 Å². The van der Waals surface area contributed by atoms with Gasteiger partial charge >= 0.3 is 5.97 Å². The normalized spacial score (nSPS) is 12.9. The second kappa shape index (κ2) is 9.19. The van der Waals surface area contributed by atoms with Gasteiger partial charge in [0.1, 0.15) is 6.61 Å². The zero-order chi connectivity index (χ0) is 19.9. The maximum absolute atomic E-state index is 11.9. The first-order chi connectivity index (χ1) is 13.6. The molecule has 2 aromatic rings. The summed E-state index contributed by atoms with van der Waals surface area (Å²) in [6.45, 7) is 0.281. The molecule has 0 saturated carbocycles. The highest BCUT2D eigenvalue weighted by molar-refractivity contribution is 6.50. The molecule has 3 rings (SSSR count). The molecule has 1 heterocycles. The lowest BCUT2D eigenvalue weighted by Gasteiger charge is -2.07. The highest BCUT2D eigenvalue weighted by atomic mass is 35.5. The molecular weight excluding hydrogens is 384 g/mol. The summed E-state index contributed by atoms with van der Waals surface area (Å²) in [5.41, 5.74) is 1.53. The van der Waals surface area contributed by atoms with Crippen LogP contribution in [0.15, 0.2) is 48.6 Å². The molecule has 0 bridgehead atoms. The van der Waals surface area contributed by atoms with E-state index in [1.54, 1.807) is 44.6 Å². The number of carbonyl (C=O) groups is 1. The van der Waals surface area contributed by atoms with Gasteiger partial charge in [-0.2, -0.15) is 0 Å². The summed E-state index contributed by atoms with van der Waals surface area (Å²) in [6.07, 6.45) is 4.77. The van der Waals surface area contributed by atoms with Gasteiger partial charge in [-0.25, -0.2) is 4.79 Å². The molecule has 1 aliphatic rings. The molecule has 1 aliphatic heterocycles. The zero-order valence-corrected chi connectivity index (χ0v) is 16.2. The van der Waals surface area contributed by atoms with E-state index in [2.05, 4.69) is 0 Å². The number of fused-ring (bicyclic) bond motifs is 1. The Labute approximate surface area is 167 Å². The quantitative estimate of drug-likeness (QED) is 0.509. The summed E-state index contributed by atoms with van der Waals surface area (Å²) < 4.78 is 26.1. The summed E-state index contributed by atoms with van der Waals surface area (Å²) in [5, 5.41) is 0.257. The van der Waals surface area contributed by atoms with E-state index in [0.717, 1.165) is 5.56 Å². The van der Waals surface area contributed by atoms with Crippen molar-refractivity contribution < 1.29 is 28.5 Å². The van der Waals surface area contributed by atoms with Gasteiger partial charge in [-0.3, -0.25) is 0 Å². The molecule has 0 atom stereocenters. The summed E-state index contributed by atoms with van der Waals surface area (Å²) >= 11 is 6.19. The Kier molecular flexibility index (Phi) is 6.45. The Balaban J connectivity index is 1.55. The van der Waals surface area contributed by atoms with Gasteiger partial charge < -0.3 is 23.7 Å². The van der Waals surface area contributed by atoms with Crippen LogP contribution >= 0.6 is 11.6 Å². The van der Waals surface area contributed by atoms with Crippen LogP contribution in [0.5, 0.6) is 23.0 Å². The third-order valence-electron chi connectivity index (χ3n) is 3.93. The number of rotatable bonds is 7. The molecule has 28 heavy (non-hydrogen) atoms. The lowest BCUT2D eigenvalue weighted by molar-refractivity contribution is -0.136. The lowest BCUT2D eigenvalue weighted by atomic mass is 10.2. The largest absolute Gasteiger partial charge is 0.493 e. The Morgan fingerprint density at radius 2 is 1.86 bits per heavy atom. The van der Waals surface area contributed by atoms with Crippen molar-refractivity contribution in [3.8, 4) is 23.0 Å². The van der Waals surface area contributed by atoms with E-state index in [1.165, 1.54) is 6.08 Å². The molecule has 6 nitrogen and oxygen atoms in total. The monoisotopic (exact) mass is 402 g/mol. The number of carbonyl (C=O) groups excluding carboxylic acids is 1. The van der Waals surface area contributed by atoms with Crippen LogP contribution in [0, 0.1) is 0 Å². The van der Waals surface area contributed by atoms with Crippen LogP contribution < -0.4 is 18.9 Å². The third-order valence-corrected chi connectivity index (χ3v) is 4.26. The molecule has 0 amide bonds. The summed E-state index contributed by atoms with van der Waals surface area (Å²) in [7, 11) is 3.15. The van der Waals surface area contributed by atoms with Crippen molar-refractivity contribution in [2.75, 3.05) is 27.6 Å². The average Bonchev–Trinajstić information content (AvgIpc) is 3.18. The number of methoxy groups -OCH3 is 2. The topological polar surface area (TPSA) is 63.2 Å². The van der Waals surface area contributed by atoms with Gasteiger partial charge in [0.05, 0.1) is 19.3 Å². The molecule has 0 spiro atoms. The van der Waals surface area contributed by atoms with Gasteiger partial charge in [-0.05, 0) is 47.5 Å². The maximum Gasteiger partial charge on any atom is 0.332 e. The van der Waals surface area contributed by atoms with Gasteiger partial charge in [0.25, 0.3) is 0 Å². The fraction of sp³-hybridized carbons (Fsp3) is 0.190. The second-order valence-electron chi connectivity index (χ2n) is 5.71. The predicted octanol–water partition coefficient (Wildman–Crippen LogP) is 4.27. The van der Waals surface area contributed by atoms with Crippen LogP contribution in [0.1, 0.15) is 11.1 Å². The van der Waals surface area contributed by atoms with Crippen molar-refractivity contribution in [3.05, 3.63) is 59.7 Å². The smallest absolute Gasteiger partial charge is 0.332 e. The van der Waals surface area contributed by atoms with E-state index in [4.69, 9.17) is 35.3 Å². The van der Waals surface area contributed by atoms with Crippen molar-refractivity contribution in [2.24, 2.45) is 0 Å². The molecule has 0 aromatic heterocycles. The predicted molar refractivity (Wildman–Crippen MR) is 106 cm³/mol. The molecule has 0 fully saturated rings. The van der Waals surface area contributed by atoms with Gasteiger partial charge in [-0.1, -0.05) is 23.7 Å². The fourth-order valence-corrected chi connectivity index (χ4v) is 2.75. The highest BCUT2D eigenvalue weighted by Gasteiger charge is 2.14. The number of hydrogen-bond donors (Lipinski definition) is 0. The molecule has 146 valence electrons. The van der Waals surface area contributed by atoms with E-state index in [0.29, 0.717) is 28.6 Å². The minimum absolute atomic E-state index is 0.106. The Hall–Kier alpha value is -3.12.